The Morgan fingerprint density at radius 1 is 1.19 bits per heavy atom. The van der Waals surface area contributed by atoms with Crippen molar-refractivity contribution >= 4 is 52.4 Å². The van der Waals surface area contributed by atoms with Gasteiger partial charge in [-0.2, -0.15) is 8.78 Å². The number of anilines is 1. The van der Waals surface area contributed by atoms with Gasteiger partial charge in [0.15, 0.2) is 12.2 Å². The van der Waals surface area contributed by atoms with Crippen molar-refractivity contribution in [2.45, 2.75) is 18.8 Å². The van der Waals surface area contributed by atoms with E-state index in [1.807, 2.05) is 18.3 Å². The highest BCUT2D eigenvalue weighted by molar-refractivity contribution is 6.38. The van der Waals surface area contributed by atoms with E-state index in [1.165, 1.54) is 6.07 Å². The molecule has 0 amide bonds. The third-order valence-electron chi connectivity index (χ3n) is 5.09. The second kappa shape index (κ2) is 5.45. The number of quaternary nitrogens is 1. The SMILES string of the molecule is FC(F)Oc1c(Cl)cc(Cl)c2c1[N@+]13C=c4cc(Cl)ccc4=N[C@H](C1)C3N2. The van der Waals surface area contributed by atoms with Crippen LogP contribution in [-0.4, -0.2) is 25.4 Å². The van der Waals surface area contributed by atoms with Crippen LogP contribution in [0.1, 0.15) is 0 Å². The molecule has 26 heavy (non-hydrogen) atoms. The molecule has 0 aromatic heterocycles. The highest BCUT2D eigenvalue weighted by atomic mass is 35.5. The second-order valence-electron chi connectivity index (χ2n) is 6.50. The molecular weight excluding hydrogens is 407 g/mol. The van der Waals surface area contributed by atoms with Crippen LogP contribution in [0.4, 0.5) is 20.2 Å². The molecule has 2 aromatic carbocycles. The molecule has 134 valence electrons. The number of ether oxygens (including phenoxy) is 1. The van der Waals surface area contributed by atoms with Crippen molar-refractivity contribution in [3.63, 3.8) is 0 Å². The van der Waals surface area contributed by atoms with Gasteiger partial charge in [0.2, 0.25) is 11.4 Å². The number of hydrogen-bond donors (Lipinski definition) is 1. The first-order chi connectivity index (χ1) is 12.4. The smallest absolute Gasteiger partial charge is 0.387 e. The normalized spacial score (nSPS) is 27.2. The average Bonchev–Trinajstić information content (AvgIpc) is 2.68. The largest absolute Gasteiger partial charge is 0.427 e. The van der Waals surface area contributed by atoms with Crippen LogP contribution in [-0.2, 0) is 0 Å². The summed E-state index contributed by atoms with van der Waals surface area (Å²) in [5.74, 6) is -0.0590. The Morgan fingerprint density at radius 2 is 2.00 bits per heavy atom. The fourth-order valence-electron chi connectivity index (χ4n) is 4.09. The van der Waals surface area contributed by atoms with Crippen molar-refractivity contribution in [1.29, 1.82) is 0 Å². The molecule has 1 saturated heterocycles. The highest BCUT2D eigenvalue weighted by Gasteiger charge is 2.63. The Bertz CT molecular complexity index is 1080. The van der Waals surface area contributed by atoms with Gasteiger partial charge in [-0.05, 0) is 24.3 Å². The maximum Gasteiger partial charge on any atom is 0.387 e. The molecule has 2 bridgehead atoms. The minimum absolute atomic E-state index is 0.0321. The molecule has 5 rings (SSSR count). The summed E-state index contributed by atoms with van der Waals surface area (Å²) in [4.78, 5) is 4.78. The summed E-state index contributed by atoms with van der Waals surface area (Å²) in [5.41, 5.74) is 1.06. The van der Waals surface area contributed by atoms with Crippen LogP contribution in [0.15, 0.2) is 29.3 Å². The summed E-state index contributed by atoms with van der Waals surface area (Å²) in [6.45, 7) is -2.40. The summed E-state index contributed by atoms with van der Waals surface area (Å²) >= 11 is 18.7. The molecule has 3 heterocycles. The van der Waals surface area contributed by atoms with Gasteiger partial charge in [-0.3, -0.25) is 4.99 Å². The standard InChI is InChI=1S/C17H11Cl3F2N3O/c18-8-1-2-11-7(3-8)5-25-6-12(23-11)16(25)24-13-9(19)4-10(20)15(14(13)25)26-17(21)22/h1-5,12,16-17,24H,6H2/q+1/t12-,16?,25+/m1/s1. The zero-order valence-electron chi connectivity index (χ0n) is 13.0. The number of halogens is 5. The molecule has 4 nitrogen and oxygen atoms in total. The van der Waals surface area contributed by atoms with E-state index in [0.29, 0.717) is 28.0 Å². The molecule has 0 radical (unpaired) electrons. The molecule has 3 atom stereocenters. The molecule has 1 unspecified atom stereocenters. The zero-order chi connectivity index (χ0) is 18.2. The van der Waals surface area contributed by atoms with Crippen molar-refractivity contribution < 1.29 is 13.5 Å². The lowest BCUT2D eigenvalue weighted by atomic mass is 10.0. The predicted molar refractivity (Wildman–Crippen MR) is 97.7 cm³/mol. The molecule has 1 fully saturated rings. The van der Waals surface area contributed by atoms with Crippen LogP contribution in [0.25, 0.3) is 6.20 Å². The summed E-state index contributed by atoms with van der Waals surface area (Å²) < 4.78 is 31.1. The highest BCUT2D eigenvalue weighted by Crippen LogP contribution is 2.58. The van der Waals surface area contributed by atoms with Crippen LogP contribution in [0, 0.1) is 0 Å². The molecule has 3 aliphatic heterocycles. The van der Waals surface area contributed by atoms with E-state index >= 15 is 0 Å². The fraction of sp³-hybridized carbons (Fsp3) is 0.235. The van der Waals surface area contributed by atoms with Crippen molar-refractivity contribution in [3.8, 4) is 5.75 Å². The predicted octanol–water partition coefficient (Wildman–Crippen LogP) is 3.76. The third kappa shape index (κ3) is 2.13. The molecule has 1 N–H and O–H groups in total. The molecule has 1 spiro atoms. The quantitative estimate of drug-likeness (QED) is 0.755. The maximum atomic E-state index is 13.0. The molecule has 3 aliphatic rings. The van der Waals surface area contributed by atoms with Crippen molar-refractivity contribution in [2.75, 3.05) is 11.9 Å². The van der Waals surface area contributed by atoms with E-state index in [9.17, 15) is 8.78 Å². The molecule has 0 saturated carbocycles. The Morgan fingerprint density at radius 3 is 2.77 bits per heavy atom. The zero-order valence-corrected chi connectivity index (χ0v) is 15.3. The lowest BCUT2D eigenvalue weighted by Crippen LogP contribution is -2.71. The lowest BCUT2D eigenvalue weighted by molar-refractivity contribution is -0.0504. The number of alkyl halides is 2. The fourth-order valence-corrected chi connectivity index (χ4v) is 4.82. The summed E-state index contributed by atoms with van der Waals surface area (Å²) in [6, 6.07) is 6.82. The van der Waals surface area contributed by atoms with Crippen LogP contribution in [0.2, 0.25) is 15.1 Å². The average molecular weight is 418 g/mol. The van der Waals surface area contributed by atoms with Crippen LogP contribution < -0.4 is 25.1 Å². The van der Waals surface area contributed by atoms with Crippen LogP contribution in [0.3, 0.4) is 0 Å². The van der Waals surface area contributed by atoms with Crippen molar-refractivity contribution in [3.05, 3.63) is 49.9 Å². The first-order valence-corrected chi connectivity index (χ1v) is 9.00. The first kappa shape index (κ1) is 16.6. The molecule has 9 heteroatoms. The van der Waals surface area contributed by atoms with Crippen LogP contribution in [0.5, 0.6) is 5.75 Å². The van der Waals surface area contributed by atoms with Crippen molar-refractivity contribution in [1.82, 2.24) is 4.48 Å². The summed E-state index contributed by atoms with van der Waals surface area (Å²) in [5, 5.41) is 5.95. The maximum absolute atomic E-state index is 13.0. The van der Waals surface area contributed by atoms with E-state index in [1.54, 1.807) is 6.07 Å². The van der Waals surface area contributed by atoms with Gasteiger partial charge < -0.3 is 10.1 Å². The van der Waals surface area contributed by atoms with Gasteiger partial charge in [0.05, 0.1) is 20.6 Å². The Balaban J connectivity index is 1.81. The van der Waals surface area contributed by atoms with Gasteiger partial charge in [-0.15, -0.1) is 0 Å². The molecule has 2 aromatic rings. The van der Waals surface area contributed by atoms with Gasteiger partial charge in [-0.25, -0.2) is 4.48 Å². The number of fused-ring (bicyclic) bond motifs is 4. The van der Waals surface area contributed by atoms with Gasteiger partial charge in [-0.1, -0.05) is 34.8 Å². The summed E-state index contributed by atoms with van der Waals surface area (Å²) in [7, 11) is 0. The van der Waals surface area contributed by atoms with E-state index in [-0.39, 0.29) is 27.5 Å². The molecule has 0 aliphatic carbocycles. The number of hydrogen-bond acceptors (Lipinski definition) is 3. The summed E-state index contributed by atoms with van der Waals surface area (Å²) in [6.07, 6.45) is 1.80. The number of benzene rings is 2. The number of nitrogens with zero attached hydrogens (tertiary/aromatic N) is 2. The minimum atomic E-state index is -2.99. The van der Waals surface area contributed by atoms with Gasteiger partial charge >= 0.3 is 6.61 Å². The number of nitrogens with one attached hydrogen (secondary N) is 1. The minimum Gasteiger partial charge on any atom is -0.427 e. The number of rotatable bonds is 2. The van der Waals surface area contributed by atoms with E-state index in [4.69, 9.17) is 44.5 Å². The molecular formula is C17H11Cl3F2N3O+. The second-order valence-corrected chi connectivity index (χ2v) is 7.75. The topological polar surface area (TPSA) is 33.6 Å². The van der Waals surface area contributed by atoms with Crippen molar-refractivity contribution in [2.24, 2.45) is 4.99 Å². The Hall–Kier alpha value is -1.60. The van der Waals surface area contributed by atoms with Gasteiger partial charge in [0, 0.05) is 5.02 Å². The van der Waals surface area contributed by atoms with E-state index in [2.05, 4.69) is 5.32 Å². The monoisotopic (exact) mass is 416 g/mol. The van der Waals surface area contributed by atoms with Gasteiger partial charge in [0.1, 0.15) is 18.4 Å². The van der Waals surface area contributed by atoms with E-state index in [0.717, 1.165) is 10.6 Å². The van der Waals surface area contributed by atoms with Crippen LogP contribution >= 0.6 is 34.8 Å². The third-order valence-corrected chi connectivity index (χ3v) is 5.90. The van der Waals surface area contributed by atoms with Gasteiger partial charge in [0.25, 0.3) is 0 Å². The van der Waals surface area contributed by atoms with E-state index < -0.39 is 6.61 Å². The Labute approximate surface area is 161 Å². The lowest BCUT2D eigenvalue weighted by Gasteiger charge is -2.47. The first-order valence-electron chi connectivity index (χ1n) is 7.87. The Kier molecular flexibility index (Phi) is 3.47.